The minimum Gasteiger partial charge on any atom is -0.289 e. The van der Waals surface area contributed by atoms with E-state index >= 15 is 0 Å². The Morgan fingerprint density at radius 3 is 2.33 bits per heavy atom. The smallest absolute Gasteiger partial charge is 0.289 e. The third-order valence-electron chi connectivity index (χ3n) is 4.28. The Labute approximate surface area is 108 Å². The Balaban J connectivity index is 2.42. The van der Waals surface area contributed by atoms with Gasteiger partial charge in [-0.2, -0.15) is 0 Å². The van der Waals surface area contributed by atoms with Gasteiger partial charge in [0.15, 0.2) is 0 Å². The number of hydrogen-bond donors (Lipinski definition) is 0. The van der Waals surface area contributed by atoms with Crippen molar-refractivity contribution >= 4 is 0 Å². The van der Waals surface area contributed by atoms with Gasteiger partial charge in [-0.15, -0.1) is 13.2 Å². The molecule has 0 spiro atoms. The van der Waals surface area contributed by atoms with Crippen molar-refractivity contribution in [3.05, 3.63) is 0 Å². The quantitative estimate of drug-likeness (QED) is 0.634. The van der Waals surface area contributed by atoms with E-state index in [1.54, 1.807) is 0 Å². The number of alkyl halides is 3. The second-order valence-corrected chi connectivity index (χ2v) is 5.98. The topological polar surface area (TPSA) is 9.23 Å². The minimum atomic E-state index is -4.48. The summed E-state index contributed by atoms with van der Waals surface area (Å²) >= 11 is 0. The third-order valence-corrected chi connectivity index (χ3v) is 4.28. The molecule has 108 valence electrons. The first kappa shape index (κ1) is 15.8. The fraction of sp³-hybridized carbons (Fsp3) is 1.00. The lowest BCUT2D eigenvalue weighted by Gasteiger charge is -2.31. The summed E-state index contributed by atoms with van der Waals surface area (Å²) < 4.78 is 40.5. The van der Waals surface area contributed by atoms with E-state index in [1.807, 2.05) is 0 Å². The lowest BCUT2D eigenvalue weighted by atomic mass is 9.75. The first-order valence-electron chi connectivity index (χ1n) is 7.02. The van der Waals surface area contributed by atoms with Crippen molar-refractivity contribution < 1.29 is 17.9 Å². The number of hydrogen-bond acceptors (Lipinski definition) is 1. The Bertz CT molecular complexity index is 252. The molecule has 1 aliphatic rings. The fourth-order valence-electron chi connectivity index (χ4n) is 3.23. The number of rotatable bonds is 6. The highest BCUT2D eigenvalue weighted by atomic mass is 19.4. The number of ether oxygens (including phenoxy) is 1. The van der Waals surface area contributed by atoms with Crippen molar-refractivity contribution in [2.75, 3.05) is 0 Å². The standard InChI is InChI=1S/C14H25F3O/c1-4-8-13(3,5-2)10-11-6-7-12(9-11)18-14(15,16)17/h11-12H,4-10H2,1-3H3. The molecule has 0 aromatic heterocycles. The van der Waals surface area contributed by atoms with Gasteiger partial charge in [-0.05, 0) is 43.4 Å². The first-order chi connectivity index (χ1) is 8.28. The molecular weight excluding hydrogens is 241 g/mol. The van der Waals surface area contributed by atoms with Crippen LogP contribution in [-0.2, 0) is 4.74 Å². The monoisotopic (exact) mass is 266 g/mol. The zero-order valence-electron chi connectivity index (χ0n) is 11.6. The van der Waals surface area contributed by atoms with Crippen molar-refractivity contribution in [1.29, 1.82) is 0 Å². The molecule has 0 amide bonds. The lowest BCUT2D eigenvalue weighted by molar-refractivity contribution is -0.341. The van der Waals surface area contributed by atoms with Gasteiger partial charge in [0.2, 0.25) is 0 Å². The molecule has 3 atom stereocenters. The van der Waals surface area contributed by atoms with E-state index in [0.717, 1.165) is 32.1 Å². The van der Waals surface area contributed by atoms with Crippen LogP contribution in [0.25, 0.3) is 0 Å². The van der Waals surface area contributed by atoms with E-state index in [0.29, 0.717) is 18.8 Å². The summed E-state index contributed by atoms with van der Waals surface area (Å²) in [5.74, 6) is 0.397. The Kier molecular flexibility index (Phi) is 5.50. The van der Waals surface area contributed by atoms with Crippen LogP contribution in [0, 0.1) is 11.3 Å². The predicted octanol–water partition coefficient (Wildman–Crippen LogP) is 5.30. The molecule has 0 heterocycles. The number of halogens is 3. The predicted molar refractivity (Wildman–Crippen MR) is 66.2 cm³/mol. The average Bonchev–Trinajstić information content (AvgIpc) is 2.63. The first-order valence-corrected chi connectivity index (χ1v) is 7.02. The largest absolute Gasteiger partial charge is 0.522 e. The molecule has 0 radical (unpaired) electrons. The maximum atomic E-state index is 12.1. The summed E-state index contributed by atoms with van der Waals surface area (Å²) in [4.78, 5) is 0. The van der Waals surface area contributed by atoms with E-state index in [1.165, 1.54) is 0 Å². The highest BCUT2D eigenvalue weighted by Crippen LogP contribution is 2.42. The summed E-state index contributed by atoms with van der Waals surface area (Å²) in [6.45, 7) is 6.60. The average molecular weight is 266 g/mol. The van der Waals surface area contributed by atoms with Crippen LogP contribution in [0.1, 0.15) is 65.7 Å². The van der Waals surface area contributed by atoms with Crippen LogP contribution in [0.3, 0.4) is 0 Å². The van der Waals surface area contributed by atoms with Crippen LogP contribution in [-0.4, -0.2) is 12.5 Å². The van der Waals surface area contributed by atoms with Gasteiger partial charge in [-0.1, -0.05) is 33.6 Å². The van der Waals surface area contributed by atoms with Crippen molar-refractivity contribution in [3.63, 3.8) is 0 Å². The van der Waals surface area contributed by atoms with E-state index in [2.05, 4.69) is 25.5 Å². The van der Waals surface area contributed by atoms with Gasteiger partial charge < -0.3 is 0 Å². The van der Waals surface area contributed by atoms with Gasteiger partial charge in [-0.3, -0.25) is 4.74 Å². The zero-order valence-corrected chi connectivity index (χ0v) is 11.6. The molecule has 0 saturated heterocycles. The van der Waals surface area contributed by atoms with Crippen LogP contribution < -0.4 is 0 Å². The maximum absolute atomic E-state index is 12.1. The van der Waals surface area contributed by atoms with Gasteiger partial charge in [0, 0.05) is 0 Å². The Hall–Kier alpha value is -0.250. The van der Waals surface area contributed by atoms with Crippen LogP contribution in [0.2, 0.25) is 0 Å². The SMILES string of the molecule is CCCC(C)(CC)CC1CCC(OC(F)(F)F)C1. The molecule has 1 fully saturated rings. The molecule has 1 saturated carbocycles. The van der Waals surface area contributed by atoms with Crippen molar-refractivity contribution in [1.82, 2.24) is 0 Å². The highest BCUT2D eigenvalue weighted by Gasteiger charge is 2.38. The summed E-state index contributed by atoms with van der Waals surface area (Å²) in [5, 5.41) is 0. The van der Waals surface area contributed by atoms with Gasteiger partial charge in [-0.25, -0.2) is 0 Å². The van der Waals surface area contributed by atoms with Crippen LogP contribution in [0.4, 0.5) is 13.2 Å². The third kappa shape index (κ3) is 5.17. The van der Waals surface area contributed by atoms with E-state index in [4.69, 9.17) is 0 Å². The maximum Gasteiger partial charge on any atom is 0.522 e. The second kappa shape index (κ2) is 6.27. The fourth-order valence-corrected chi connectivity index (χ4v) is 3.23. The second-order valence-electron chi connectivity index (χ2n) is 5.98. The van der Waals surface area contributed by atoms with Gasteiger partial charge in [0.1, 0.15) is 0 Å². The molecule has 1 aliphatic carbocycles. The summed E-state index contributed by atoms with van der Waals surface area (Å²) in [6.07, 6.45) is 1.34. The van der Waals surface area contributed by atoms with Gasteiger partial charge >= 0.3 is 6.36 Å². The van der Waals surface area contributed by atoms with Crippen LogP contribution in [0.5, 0.6) is 0 Å². The molecule has 0 aromatic rings. The molecule has 0 aromatic carbocycles. The van der Waals surface area contributed by atoms with Crippen LogP contribution >= 0.6 is 0 Å². The minimum absolute atomic E-state index is 0.284. The summed E-state index contributed by atoms with van der Waals surface area (Å²) in [7, 11) is 0. The Morgan fingerprint density at radius 2 is 1.83 bits per heavy atom. The van der Waals surface area contributed by atoms with E-state index in [-0.39, 0.29) is 5.41 Å². The molecule has 1 nitrogen and oxygen atoms in total. The molecule has 18 heavy (non-hydrogen) atoms. The van der Waals surface area contributed by atoms with Crippen LogP contribution in [0.15, 0.2) is 0 Å². The molecular formula is C14H25F3O. The summed E-state index contributed by atoms with van der Waals surface area (Å²) in [6, 6.07) is 0. The van der Waals surface area contributed by atoms with Gasteiger partial charge in [0.25, 0.3) is 0 Å². The normalized spacial score (nSPS) is 28.3. The van der Waals surface area contributed by atoms with Crippen molar-refractivity contribution in [3.8, 4) is 0 Å². The highest BCUT2D eigenvalue weighted by molar-refractivity contribution is 4.83. The molecule has 0 bridgehead atoms. The molecule has 4 heteroatoms. The van der Waals surface area contributed by atoms with Crippen molar-refractivity contribution in [2.45, 2.75) is 78.2 Å². The van der Waals surface area contributed by atoms with Gasteiger partial charge in [0.05, 0.1) is 6.10 Å². The molecule has 0 N–H and O–H groups in total. The van der Waals surface area contributed by atoms with E-state index in [9.17, 15) is 13.2 Å². The van der Waals surface area contributed by atoms with E-state index < -0.39 is 12.5 Å². The molecule has 3 unspecified atom stereocenters. The lowest BCUT2D eigenvalue weighted by Crippen LogP contribution is -2.23. The zero-order chi connectivity index (χ0) is 13.8. The molecule has 0 aliphatic heterocycles. The van der Waals surface area contributed by atoms with Crippen molar-refractivity contribution in [2.24, 2.45) is 11.3 Å². The Morgan fingerprint density at radius 1 is 1.17 bits per heavy atom. The summed E-state index contributed by atoms with van der Waals surface area (Å²) in [5.41, 5.74) is 0.284. The molecule has 1 rings (SSSR count).